The summed E-state index contributed by atoms with van der Waals surface area (Å²) < 4.78 is 0. The molecule has 4 nitrogen and oxygen atoms in total. The van der Waals surface area contributed by atoms with Gasteiger partial charge in [0, 0.05) is 40.6 Å². The molecular weight excluding hydrogens is 250 g/mol. The van der Waals surface area contributed by atoms with Crippen LogP contribution in [0.3, 0.4) is 0 Å². The molecule has 3 aromatic rings. The molecule has 0 aliphatic heterocycles. The fourth-order valence-corrected chi connectivity index (χ4v) is 2.20. The van der Waals surface area contributed by atoms with Gasteiger partial charge in [-0.05, 0) is 23.8 Å². The van der Waals surface area contributed by atoms with Crippen molar-refractivity contribution in [3.05, 3.63) is 66.1 Å². The maximum atomic E-state index is 11.8. The van der Waals surface area contributed by atoms with Crippen LogP contribution >= 0.6 is 0 Å². The van der Waals surface area contributed by atoms with Crippen LogP contribution in [0.2, 0.25) is 0 Å². The lowest BCUT2D eigenvalue weighted by Crippen LogP contribution is -2.12. The van der Waals surface area contributed by atoms with Gasteiger partial charge in [-0.15, -0.1) is 0 Å². The molecule has 0 saturated heterocycles. The van der Waals surface area contributed by atoms with Gasteiger partial charge in [0.15, 0.2) is 0 Å². The second-order valence-corrected chi connectivity index (χ2v) is 4.46. The maximum Gasteiger partial charge on any atom is 0.249 e. The number of pyridine rings is 1. The molecule has 0 saturated carbocycles. The van der Waals surface area contributed by atoms with E-state index in [0.717, 1.165) is 22.0 Å². The van der Waals surface area contributed by atoms with Crippen molar-refractivity contribution >= 4 is 28.5 Å². The Kier molecular flexibility index (Phi) is 3.05. The number of rotatable bonds is 3. The van der Waals surface area contributed by atoms with Crippen LogP contribution in [0.15, 0.2) is 55.0 Å². The van der Waals surface area contributed by atoms with Crippen LogP contribution in [-0.2, 0) is 4.79 Å². The molecule has 3 N–H and O–H groups in total. The molecule has 20 heavy (non-hydrogen) atoms. The first-order valence-electron chi connectivity index (χ1n) is 6.24. The van der Waals surface area contributed by atoms with Crippen LogP contribution in [0.25, 0.3) is 22.6 Å². The Morgan fingerprint density at radius 3 is 2.80 bits per heavy atom. The Hall–Kier alpha value is -2.88. The zero-order valence-corrected chi connectivity index (χ0v) is 10.7. The third-order valence-electron chi connectivity index (χ3n) is 3.14. The highest BCUT2D eigenvalue weighted by Crippen LogP contribution is 2.26. The van der Waals surface area contributed by atoms with Gasteiger partial charge < -0.3 is 10.7 Å². The minimum absolute atomic E-state index is 0.460. The third kappa shape index (κ3) is 2.19. The van der Waals surface area contributed by atoms with Gasteiger partial charge in [-0.3, -0.25) is 9.78 Å². The largest absolute Gasteiger partial charge is 0.366 e. The molecule has 4 heteroatoms. The van der Waals surface area contributed by atoms with Crippen molar-refractivity contribution in [2.45, 2.75) is 0 Å². The van der Waals surface area contributed by atoms with E-state index in [2.05, 4.69) is 9.97 Å². The van der Waals surface area contributed by atoms with Crippen molar-refractivity contribution < 1.29 is 4.79 Å². The fourth-order valence-electron chi connectivity index (χ4n) is 2.20. The summed E-state index contributed by atoms with van der Waals surface area (Å²) in [7, 11) is 0. The van der Waals surface area contributed by atoms with Gasteiger partial charge in [-0.25, -0.2) is 0 Å². The average Bonchev–Trinajstić information content (AvgIpc) is 2.89. The number of nitrogens with zero attached hydrogens (tertiary/aromatic N) is 1. The highest BCUT2D eigenvalue weighted by atomic mass is 16.1. The van der Waals surface area contributed by atoms with Crippen LogP contribution in [0.5, 0.6) is 0 Å². The summed E-state index contributed by atoms with van der Waals surface area (Å²) in [6, 6.07) is 11.5. The Morgan fingerprint density at radius 2 is 2.05 bits per heavy atom. The number of para-hydroxylation sites is 1. The number of hydrogen-bond acceptors (Lipinski definition) is 2. The lowest BCUT2D eigenvalue weighted by atomic mass is 10.0. The van der Waals surface area contributed by atoms with Crippen molar-refractivity contribution in [2.24, 2.45) is 5.73 Å². The normalized spacial score (nSPS) is 11.7. The number of nitrogens with two attached hydrogens (primary N) is 1. The van der Waals surface area contributed by atoms with Crippen LogP contribution in [0, 0.1) is 0 Å². The first kappa shape index (κ1) is 12.2. The second kappa shape index (κ2) is 5.01. The number of carbonyl (C=O) groups is 1. The number of nitrogens with one attached hydrogen (secondary N) is 1. The Morgan fingerprint density at radius 1 is 1.20 bits per heavy atom. The number of fused-ring (bicyclic) bond motifs is 1. The molecule has 3 rings (SSSR count). The zero-order chi connectivity index (χ0) is 13.9. The summed E-state index contributed by atoms with van der Waals surface area (Å²) in [6.45, 7) is 0. The molecule has 0 unspecified atom stereocenters. The quantitative estimate of drug-likeness (QED) is 0.713. The third-order valence-corrected chi connectivity index (χ3v) is 3.14. The number of benzene rings is 1. The van der Waals surface area contributed by atoms with Gasteiger partial charge in [-0.2, -0.15) is 0 Å². The van der Waals surface area contributed by atoms with Gasteiger partial charge in [0.1, 0.15) is 0 Å². The summed E-state index contributed by atoms with van der Waals surface area (Å²) in [5, 5.41) is 0.974. The molecule has 2 heterocycles. The number of hydrogen-bond donors (Lipinski definition) is 2. The van der Waals surface area contributed by atoms with Gasteiger partial charge in [0.2, 0.25) is 5.91 Å². The summed E-state index contributed by atoms with van der Waals surface area (Å²) in [4.78, 5) is 18.9. The SMILES string of the molecule is NC(=O)C(=Cc1cccnc1)c1c[nH]c2ccccc12. The van der Waals surface area contributed by atoms with Gasteiger partial charge in [0.25, 0.3) is 0 Å². The smallest absolute Gasteiger partial charge is 0.249 e. The standard InChI is InChI=1S/C16H13N3O/c17-16(20)13(8-11-4-3-7-18-9-11)14-10-19-15-6-2-1-5-12(14)15/h1-10,19H,(H2,17,20). The van der Waals surface area contributed by atoms with Crippen molar-refractivity contribution in [3.63, 3.8) is 0 Å². The van der Waals surface area contributed by atoms with Gasteiger partial charge in [0.05, 0.1) is 0 Å². The fraction of sp³-hybridized carbons (Fsp3) is 0. The molecule has 0 atom stereocenters. The predicted octanol–water partition coefficient (Wildman–Crippen LogP) is 2.59. The zero-order valence-electron chi connectivity index (χ0n) is 10.7. The minimum atomic E-state index is -0.460. The van der Waals surface area contributed by atoms with E-state index in [1.54, 1.807) is 24.7 Å². The van der Waals surface area contributed by atoms with E-state index in [-0.39, 0.29) is 0 Å². The van der Waals surface area contributed by atoms with E-state index in [0.29, 0.717) is 5.57 Å². The minimum Gasteiger partial charge on any atom is -0.366 e. The maximum absolute atomic E-state index is 11.8. The molecule has 1 amide bonds. The lowest BCUT2D eigenvalue weighted by molar-refractivity contribution is -0.112. The molecular formula is C16H13N3O. The van der Waals surface area contributed by atoms with Crippen LogP contribution < -0.4 is 5.73 Å². The molecule has 0 radical (unpaired) electrons. The predicted molar refractivity (Wildman–Crippen MR) is 79.6 cm³/mol. The monoisotopic (exact) mass is 263 g/mol. The molecule has 0 fully saturated rings. The Balaban J connectivity index is 2.17. The van der Waals surface area contributed by atoms with Crippen LogP contribution in [-0.4, -0.2) is 15.9 Å². The Bertz CT molecular complexity index is 788. The molecule has 0 bridgehead atoms. The number of aromatic amines is 1. The Labute approximate surface area is 116 Å². The molecule has 1 aromatic carbocycles. The number of aromatic nitrogens is 2. The van der Waals surface area contributed by atoms with Crippen LogP contribution in [0.1, 0.15) is 11.1 Å². The molecule has 98 valence electrons. The van der Waals surface area contributed by atoms with Gasteiger partial charge in [-0.1, -0.05) is 24.3 Å². The molecule has 0 aliphatic carbocycles. The number of carbonyl (C=O) groups excluding carboxylic acids is 1. The van der Waals surface area contributed by atoms with Crippen LogP contribution in [0.4, 0.5) is 0 Å². The summed E-state index contributed by atoms with van der Waals surface area (Å²) >= 11 is 0. The van der Waals surface area contributed by atoms with Crippen molar-refractivity contribution in [1.29, 1.82) is 0 Å². The topological polar surface area (TPSA) is 71.8 Å². The van der Waals surface area contributed by atoms with E-state index in [1.807, 2.05) is 36.4 Å². The highest BCUT2D eigenvalue weighted by Gasteiger charge is 2.13. The number of amides is 1. The average molecular weight is 263 g/mol. The van der Waals surface area contributed by atoms with Crippen molar-refractivity contribution in [1.82, 2.24) is 9.97 Å². The summed E-state index contributed by atoms with van der Waals surface area (Å²) in [6.07, 6.45) is 6.94. The molecule has 0 aliphatic rings. The lowest BCUT2D eigenvalue weighted by Gasteiger charge is -2.02. The van der Waals surface area contributed by atoms with E-state index in [1.165, 1.54) is 0 Å². The van der Waals surface area contributed by atoms with Crippen molar-refractivity contribution in [3.8, 4) is 0 Å². The van der Waals surface area contributed by atoms with Crippen molar-refractivity contribution in [2.75, 3.05) is 0 Å². The second-order valence-electron chi connectivity index (χ2n) is 4.46. The number of H-pyrrole nitrogens is 1. The molecule has 2 aromatic heterocycles. The van der Waals surface area contributed by atoms with E-state index >= 15 is 0 Å². The van der Waals surface area contributed by atoms with E-state index in [9.17, 15) is 4.79 Å². The van der Waals surface area contributed by atoms with E-state index < -0.39 is 5.91 Å². The summed E-state index contributed by atoms with van der Waals surface area (Å²) in [5.74, 6) is -0.460. The van der Waals surface area contributed by atoms with Gasteiger partial charge >= 0.3 is 0 Å². The summed E-state index contributed by atoms with van der Waals surface area (Å²) in [5.41, 5.74) is 8.61. The number of primary amides is 1. The first-order chi connectivity index (χ1) is 9.75. The van der Waals surface area contributed by atoms with E-state index in [4.69, 9.17) is 5.73 Å². The first-order valence-corrected chi connectivity index (χ1v) is 6.24. The highest BCUT2D eigenvalue weighted by molar-refractivity contribution is 6.26. The molecule has 0 spiro atoms.